The van der Waals surface area contributed by atoms with Crippen molar-refractivity contribution in [1.82, 2.24) is 5.32 Å². The van der Waals surface area contributed by atoms with Crippen LogP contribution >= 0.6 is 15.9 Å². The van der Waals surface area contributed by atoms with Gasteiger partial charge in [-0.05, 0) is 48.9 Å². The molecule has 2 rings (SSSR count). The zero-order valence-corrected chi connectivity index (χ0v) is 12.2. The van der Waals surface area contributed by atoms with Crippen molar-refractivity contribution < 1.29 is 0 Å². The highest BCUT2D eigenvalue weighted by atomic mass is 79.9. The van der Waals surface area contributed by atoms with Crippen LogP contribution in [-0.2, 0) is 6.54 Å². The molecule has 1 aromatic rings. The van der Waals surface area contributed by atoms with Crippen LogP contribution in [-0.4, -0.2) is 6.54 Å². The van der Waals surface area contributed by atoms with Crippen molar-refractivity contribution in [2.24, 2.45) is 11.8 Å². The summed E-state index contributed by atoms with van der Waals surface area (Å²) in [6.45, 7) is 4.56. The highest BCUT2D eigenvalue weighted by Gasteiger charge is 2.17. The Kier molecular flexibility index (Phi) is 5.05. The third-order valence-electron chi connectivity index (χ3n) is 3.81. The molecule has 1 nitrogen and oxygen atoms in total. The van der Waals surface area contributed by atoms with Crippen molar-refractivity contribution in [3.8, 4) is 0 Å². The largest absolute Gasteiger partial charge is 0.312 e. The van der Waals surface area contributed by atoms with Gasteiger partial charge < -0.3 is 5.32 Å². The van der Waals surface area contributed by atoms with E-state index in [2.05, 4.69) is 52.4 Å². The number of hydrogen-bond donors (Lipinski definition) is 1. The molecule has 0 unspecified atom stereocenters. The minimum absolute atomic E-state index is 0.904. The highest BCUT2D eigenvalue weighted by molar-refractivity contribution is 9.10. The van der Waals surface area contributed by atoms with Gasteiger partial charge in [-0.2, -0.15) is 0 Å². The third kappa shape index (κ3) is 4.44. The molecular weight excluding hydrogens is 274 g/mol. The standard InChI is InChI=1S/C15H22BrN/c1-12-2-4-13(5-3-12)10-17-11-14-6-8-15(16)9-7-14/h6-9,12-13,17H,2-5,10-11H2,1H3. The Morgan fingerprint density at radius 2 is 1.76 bits per heavy atom. The summed E-state index contributed by atoms with van der Waals surface area (Å²) in [7, 11) is 0. The first-order valence-electron chi connectivity index (χ1n) is 6.69. The summed E-state index contributed by atoms with van der Waals surface area (Å²) >= 11 is 3.46. The number of rotatable bonds is 4. The molecule has 0 saturated heterocycles. The van der Waals surface area contributed by atoms with Crippen molar-refractivity contribution in [3.63, 3.8) is 0 Å². The first kappa shape index (κ1) is 13.1. The lowest BCUT2D eigenvalue weighted by Crippen LogP contribution is -2.25. The summed E-state index contributed by atoms with van der Waals surface area (Å²) in [5, 5.41) is 3.59. The van der Waals surface area contributed by atoms with Crippen LogP contribution in [0.2, 0.25) is 0 Å². The van der Waals surface area contributed by atoms with Crippen LogP contribution in [0.3, 0.4) is 0 Å². The predicted molar refractivity (Wildman–Crippen MR) is 77.0 cm³/mol. The molecule has 1 N–H and O–H groups in total. The number of nitrogens with one attached hydrogen (secondary N) is 1. The van der Waals surface area contributed by atoms with Gasteiger partial charge >= 0.3 is 0 Å². The molecule has 94 valence electrons. The Bertz CT molecular complexity index is 325. The normalized spacial score (nSPS) is 24.8. The van der Waals surface area contributed by atoms with Crippen LogP contribution < -0.4 is 5.32 Å². The first-order valence-corrected chi connectivity index (χ1v) is 7.48. The quantitative estimate of drug-likeness (QED) is 0.870. The van der Waals surface area contributed by atoms with E-state index in [0.29, 0.717) is 0 Å². The van der Waals surface area contributed by atoms with Gasteiger partial charge in [0.25, 0.3) is 0 Å². The van der Waals surface area contributed by atoms with E-state index >= 15 is 0 Å². The van der Waals surface area contributed by atoms with E-state index in [-0.39, 0.29) is 0 Å². The van der Waals surface area contributed by atoms with Crippen LogP contribution in [0.25, 0.3) is 0 Å². The van der Waals surface area contributed by atoms with E-state index < -0.39 is 0 Å². The summed E-state index contributed by atoms with van der Waals surface area (Å²) in [6, 6.07) is 8.58. The van der Waals surface area contributed by atoms with Crippen LogP contribution in [0, 0.1) is 11.8 Å². The average molecular weight is 296 g/mol. The minimum atomic E-state index is 0.904. The molecule has 1 aliphatic rings. The summed E-state index contributed by atoms with van der Waals surface area (Å²) in [6.07, 6.45) is 5.66. The van der Waals surface area contributed by atoms with E-state index in [9.17, 15) is 0 Å². The van der Waals surface area contributed by atoms with E-state index in [4.69, 9.17) is 0 Å². The Balaban J connectivity index is 1.67. The maximum Gasteiger partial charge on any atom is 0.0205 e. The Labute approximate surface area is 113 Å². The molecule has 17 heavy (non-hydrogen) atoms. The third-order valence-corrected chi connectivity index (χ3v) is 4.34. The second-order valence-electron chi connectivity index (χ2n) is 5.38. The van der Waals surface area contributed by atoms with Gasteiger partial charge in [0.1, 0.15) is 0 Å². The molecule has 2 heteroatoms. The smallest absolute Gasteiger partial charge is 0.0205 e. The highest BCUT2D eigenvalue weighted by Crippen LogP contribution is 2.27. The molecule has 1 fully saturated rings. The van der Waals surface area contributed by atoms with Gasteiger partial charge in [-0.25, -0.2) is 0 Å². The fourth-order valence-electron chi connectivity index (χ4n) is 2.56. The minimum Gasteiger partial charge on any atom is -0.312 e. The van der Waals surface area contributed by atoms with Crippen molar-refractivity contribution in [3.05, 3.63) is 34.3 Å². The van der Waals surface area contributed by atoms with Gasteiger partial charge in [-0.3, -0.25) is 0 Å². The van der Waals surface area contributed by atoms with E-state index in [1.54, 1.807) is 0 Å². The Morgan fingerprint density at radius 1 is 1.12 bits per heavy atom. The SMILES string of the molecule is CC1CCC(CNCc2ccc(Br)cc2)CC1. The monoisotopic (exact) mass is 295 g/mol. The molecule has 1 aromatic carbocycles. The van der Waals surface area contributed by atoms with Gasteiger partial charge in [0, 0.05) is 11.0 Å². The summed E-state index contributed by atoms with van der Waals surface area (Å²) in [4.78, 5) is 0. The molecular formula is C15H22BrN. The molecule has 0 radical (unpaired) electrons. The number of hydrogen-bond acceptors (Lipinski definition) is 1. The van der Waals surface area contributed by atoms with Crippen molar-refractivity contribution in [2.75, 3.05) is 6.54 Å². The molecule has 0 aromatic heterocycles. The molecule has 0 heterocycles. The van der Waals surface area contributed by atoms with Crippen molar-refractivity contribution in [1.29, 1.82) is 0 Å². The van der Waals surface area contributed by atoms with E-state index in [1.807, 2.05) is 0 Å². The lowest BCUT2D eigenvalue weighted by Gasteiger charge is -2.26. The molecule has 1 aliphatic carbocycles. The van der Waals surface area contributed by atoms with Gasteiger partial charge in [0.05, 0.1) is 0 Å². The zero-order chi connectivity index (χ0) is 12.1. The molecule has 0 spiro atoms. The van der Waals surface area contributed by atoms with Crippen LogP contribution in [0.15, 0.2) is 28.7 Å². The van der Waals surface area contributed by atoms with Gasteiger partial charge in [0.2, 0.25) is 0 Å². The Morgan fingerprint density at radius 3 is 2.41 bits per heavy atom. The van der Waals surface area contributed by atoms with Crippen LogP contribution in [0.1, 0.15) is 38.2 Å². The molecule has 0 atom stereocenters. The molecule has 0 amide bonds. The van der Waals surface area contributed by atoms with Crippen LogP contribution in [0.4, 0.5) is 0 Å². The summed E-state index contributed by atoms with van der Waals surface area (Å²) < 4.78 is 1.16. The molecule has 0 aliphatic heterocycles. The van der Waals surface area contributed by atoms with Gasteiger partial charge in [-0.1, -0.05) is 47.8 Å². The number of halogens is 1. The van der Waals surface area contributed by atoms with Gasteiger partial charge in [0.15, 0.2) is 0 Å². The first-order chi connectivity index (χ1) is 8.24. The molecule has 1 saturated carbocycles. The summed E-state index contributed by atoms with van der Waals surface area (Å²) in [5.41, 5.74) is 1.37. The van der Waals surface area contributed by atoms with Gasteiger partial charge in [-0.15, -0.1) is 0 Å². The maximum atomic E-state index is 3.59. The maximum absolute atomic E-state index is 3.59. The predicted octanol–water partition coefficient (Wildman–Crippen LogP) is 4.37. The van der Waals surface area contributed by atoms with Crippen molar-refractivity contribution in [2.45, 2.75) is 39.2 Å². The van der Waals surface area contributed by atoms with Crippen molar-refractivity contribution >= 4 is 15.9 Å². The second kappa shape index (κ2) is 6.55. The summed E-state index contributed by atoms with van der Waals surface area (Å²) in [5.74, 6) is 1.86. The molecule has 0 bridgehead atoms. The topological polar surface area (TPSA) is 12.0 Å². The van der Waals surface area contributed by atoms with E-state index in [0.717, 1.165) is 22.9 Å². The lowest BCUT2D eigenvalue weighted by atomic mass is 9.83. The lowest BCUT2D eigenvalue weighted by molar-refractivity contribution is 0.281. The second-order valence-corrected chi connectivity index (χ2v) is 6.30. The van der Waals surface area contributed by atoms with E-state index in [1.165, 1.54) is 37.8 Å². The average Bonchev–Trinajstić information content (AvgIpc) is 2.34. The Hall–Kier alpha value is -0.340. The van der Waals surface area contributed by atoms with Crippen LogP contribution in [0.5, 0.6) is 0 Å². The fraction of sp³-hybridized carbons (Fsp3) is 0.600. The number of benzene rings is 1. The fourth-order valence-corrected chi connectivity index (χ4v) is 2.82. The zero-order valence-electron chi connectivity index (χ0n) is 10.6.